The van der Waals surface area contributed by atoms with Gasteiger partial charge in [-0.05, 0) is 44.0 Å². The van der Waals surface area contributed by atoms with Crippen LogP contribution in [0.4, 0.5) is 0 Å². The van der Waals surface area contributed by atoms with Gasteiger partial charge in [0, 0.05) is 5.41 Å². The van der Waals surface area contributed by atoms with E-state index in [-0.39, 0.29) is 11.3 Å². The third-order valence-corrected chi connectivity index (χ3v) is 5.93. The molecule has 0 aliphatic rings. The summed E-state index contributed by atoms with van der Waals surface area (Å²) in [6, 6.07) is 5.17. The van der Waals surface area contributed by atoms with Gasteiger partial charge in [0.15, 0.2) is 9.84 Å². The fraction of sp³-hybridized carbons (Fsp3) is 0.471. The third kappa shape index (κ3) is 3.09. The quantitative estimate of drug-likeness (QED) is 0.853. The summed E-state index contributed by atoms with van der Waals surface area (Å²) in [5.74, 6) is 0.924. The maximum atomic E-state index is 12.8. The van der Waals surface area contributed by atoms with Crippen LogP contribution in [0.2, 0.25) is 0 Å². The molecule has 0 unspecified atom stereocenters. The van der Waals surface area contributed by atoms with E-state index in [0.29, 0.717) is 10.7 Å². The van der Waals surface area contributed by atoms with Gasteiger partial charge in [0.2, 0.25) is 5.89 Å². The van der Waals surface area contributed by atoms with Crippen molar-refractivity contribution in [2.24, 2.45) is 0 Å². The van der Waals surface area contributed by atoms with Crippen molar-refractivity contribution in [3.05, 3.63) is 47.2 Å². The number of hydrogen-bond donors (Lipinski definition) is 0. The summed E-state index contributed by atoms with van der Waals surface area (Å²) in [4.78, 5) is 4.47. The van der Waals surface area contributed by atoms with E-state index in [1.807, 2.05) is 40.7 Å². The maximum absolute atomic E-state index is 12.8. The smallest absolute Gasteiger partial charge is 0.212 e. The lowest BCUT2D eigenvalue weighted by molar-refractivity contribution is 0.380. The molecule has 120 valence electrons. The summed E-state index contributed by atoms with van der Waals surface area (Å²) < 4.78 is 31.2. The molecule has 0 fully saturated rings. The summed E-state index contributed by atoms with van der Waals surface area (Å²) in [6.45, 7) is 11.5. The van der Waals surface area contributed by atoms with Crippen LogP contribution in [0.5, 0.6) is 0 Å². The molecule has 22 heavy (non-hydrogen) atoms. The zero-order valence-corrected chi connectivity index (χ0v) is 14.8. The molecular formula is C17H23NO3S. The van der Waals surface area contributed by atoms with Gasteiger partial charge in [0.1, 0.15) is 11.0 Å². The predicted molar refractivity (Wildman–Crippen MR) is 86.7 cm³/mol. The average Bonchev–Trinajstić information content (AvgIpc) is 2.90. The Hall–Kier alpha value is -1.62. The Bertz CT molecular complexity index is 782. The molecule has 0 aliphatic carbocycles. The van der Waals surface area contributed by atoms with E-state index in [9.17, 15) is 8.42 Å². The Morgan fingerprint density at radius 1 is 1.14 bits per heavy atom. The molecule has 1 heterocycles. The van der Waals surface area contributed by atoms with Gasteiger partial charge in [-0.25, -0.2) is 13.4 Å². The molecule has 1 aromatic heterocycles. The molecule has 0 N–H and O–H groups in total. The molecule has 0 amide bonds. The first-order valence-electron chi connectivity index (χ1n) is 7.31. The van der Waals surface area contributed by atoms with Crippen LogP contribution in [0.25, 0.3) is 0 Å². The highest BCUT2D eigenvalue weighted by Crippen LogP contribution is 2.31. The summed E-state index contributed by atoms with van der Waals surface area (Å²) >= 11 is 0. The van der Waals surface area contributed by atoms with Crippen LogP contribution < -0.4 is 0 Å². The van der Waals surface area contributed by atoms with E-state index >= 15 is 0 Å². The molecule has 0 spiro atoms. The molecule has 0 aliphatic heterocycles. The van der Waals surface area contributed by atoms with Gasteiger partial charge in [-0.15, -0.1) is 0 Å². The number of rotatable bonds is 3. The van der Waals surface area contributed by atoms with Crippen molar-refractivity contribution in [1.82, 2.24) is 4.98 Å². The van der Waals surface area contributed by atoms with Crippen molar-refractivity contribution in [3.8, 4) is 0 Å². The molecule has 0 saturated heterocycles. The third-order valence-electron chi connectivity index (χ3n) is 3.88. The van der Waals surface area contributed by atoms with Crippen molar-refractivity contribution < 1.29 is 12.8 Å². The molecule has 0 radical (unpaired) electrons. The predicted octanol–water partition coefficient (Wildman–Crippen LogP) is 4.12. The van der Waals surface area contributed by atoms with Crippen LogP contribution in [0.1, 0.15) is 55.7 Å². The Morgan fingerprint density at radius 3 is 2.27 bits per heavy atom. The van der Waals surface area contributed by atoms with Crippen molar-refractivity contribution >= 4 is 9.84 Å². The normalized spacial score (nSPS) is 14.1. The summed E-state index contributed by atoms with van der Waals surface area (Å²) in [5, 5.41) is -0.814. The van der Waals surface area contributed by atoms with Gasteiger partial charge in [0.05, 0.1) is 11.1 Å². The van der Waals surface area contributed by atoms with Gasteiger partial charge in [-0.2, -0.15) is 0 Å². The Labute approximate surface area is 132 Å². The van der Waals surface area contributed by atoms with E-state index in [4.69, 9.17) is 4.42 Å². The fourth-order valence-electron chi connectivity index (χ4n) is 2.05. The van der Waals surface area contributed by atoms with Gasteiger partial charge in [-0.3, -0.25) is 0 Å². The largest absolute Gasteiger partial charge is 0.444 e. The second kappa shape index (κ2) is 5.54. The molecule has 0 bridgehead atoms. The standard InChI is InChI=1S/C17H23NO3S/c1-11-7-8-14(9-12(11)2)22(19,20)13(3)16-18-10-15(21-16)17(4,5)6/h7-10,13H,1-6H3/t13-/m1/s1. The number of benzene rings is 1. The molecule has 5 heteroatoms. The fourth-order valence-corrected chi connectivity index (χ4v) is 3.43. The summed E-state index contributed by atoms with van der Waals surface area (Å²) in [7, 11) is -3.52. The van der Waals surface area contributed by atoms with Crippen LogP contribution in [-0.4, -0.2) is 13.4 Å². The van der Waals surface area contributed by atoms with Gasteiger partial charge in [0.25, 0.3) is 0 Å². The highest BCUT2D eigenvalue weighted by molar-refractivity contribution is 7.91. The molecule has 4 nitrogen and oxygen atoms in total. The number of nitrogens with zero attached hydrogens (tertiary/aromatic N) is 1. The first-order valence-corrected chi connectivity index (χ1v) is 8.85. The van der Waals surface area contributed by atoms with E-state index in [1.165, 1.54) is 0 Å². The number of sulfone groups is 1. The zero-order chi connectivity index (χ0) is 16.7. The van der Waals surface area contributed by atoms with E-state index in [2.05, 4.69) is 4.98 Å². The Balaban J connectivity index is 2.40. The molecule has 2 aromatic rings. The van der Waals surface area contributed by atoms with Gasteiger partial charge in [-0.1, -0.05) is 26.8 Å². The second-order valence-electron chi connectivity index (χ2n) is 6.75. The maximum Gasteiger partial charge on any atom is 0.212 e. The Kier molecular flexibility index (Phi) is 4.22. The van der Waals surface area contributed by atoms with Crippen LogP contribution in [-0.2, 0) is 15.3 Å². The lowest BCUT2D eigenvalue weighted by Crippen LogP contribution is -2.12. The van der Waals surface area contributed by atoms with Gasteiger partial charge >= 0.3 is 0 Å². The highest BCUT2D eigenvalue weighted by atomic mass is 32.2. The van der Waals surface area contributed by atoms with E-state index in [0.717, 1.165) is 11.1 Å². The minimum Gasteiger partial charge on any atom is -0.444 e. The lowest BCUT2D eigenvalue weighted by atomic mass is 9.94. The van der Waals surface area contributed by atoms with Gasteiger partial charge < -0.3 is 4.42 Å². The minimum absolute atomic E-state index is 0.199. The van der Waals surface area contributed by atoms with Crippen LogP contribution in [0.3, 0.4) is 0 Å². The lowest BCUT2D eigenvalue weighted by Gasteiger charge is -2.14. The van der Waals surface area contributed by atoms with Crippen molar-refractivity contribution in [3.63, 3.8) is 0 Å². The topological polar surface area (TPSA) is 60.2 Å². The summed E-state index contributed by atoms with van der Waals surface area (Å²) in [5.41, 5.74) is 1.82. The second-order valence-corrected chi connectivity index (χ2v) is 9.01. The average molecular weight is 321 g/mol. The molecular weight excluding hydrogens is 298 g/mol. The molecule has 1 aromatic carbocycles. The molecule has 2 rings (SSSR count). The monoisotopic (exact) mass is 321 g/mol. The van der Waals surface area contributed by atoms with Crippen molar-refractivity contribution in [2.45, 2.75) is 57.1 Å². The minimum atomic E-state index is -3.52. The highest BCUT2D eigenvalue weighted by Gasteiger charge is 2.30. The number of aromatic nitrogens is 1. The number of oxazole rings is 1. The van der Waals surface area contributed by atoms with Crippen LogP contribution in [0.15, 0.2) is 33.7 Å². The van der Waals surface area contributed by atoms with Crippen LogP contribution >= 0.6 is 0 Å². The van der Waals surface area contributed by atoms with Crippen LogP contribution in [0, 0.1) is 13.8 Å². The first kappa shape index (κ1) is 16.7. The SMILES string of the molecule is Cc1ccc(S(=O)(=O)[C@H](C)c2ncc(C(C)(C)C)o2)cc1C. The zero-order valence-electron chi connectivity index (χ0n) is 14.0. The van der Waals surface area contributed by atoms with E-state index in [1.54, 1.807) is 25.3 Å². The van der Waals surface area contributed by atoms with E-state index < -0.39 is 15.1 Å². The van der Waals surface area contributed by atoms with Crippen molar-refractivity contribution in [1.29, 1.82) is 0 Å². The number of aryl methyl sites for hydroxylation is 2. The number of hydrogen-bond acceptors (Lipinski definition) is 4. The molecule has 1 atom stereocenters. The summed E-state index contributed by atoms with van der Waals surface area (Å²) in [6.07, 6.45) is 1.61. The Morgan fingerprint density at radius 2 is 1.77 bits per heavy atom. The van der Waals surface area contributed by atoms with Crippen molar-refractivity contribution in [2.75, 3.05) is 0 Å². The first-order chi connectivity index (χ1) is 10.0. The molecule has 0 saturated carbocycles.